The van der Waals surface area contributed by atoms with E-state index < -0.39 is 42.8 Å². The van der Waals surface area contributed by atoms with Crippen molar-refractivity contribution >= 4 is 0 Å². The lowest BCUT2D eigenvalue weighted by Crippen LogP contribution is -2.70. The summed E-state index contributed by atoms with van der Waals surface area (Å²) in [5.74, 6) is 0. The number of rotatable bonds is 3. The highest BCUT2D eigenvalue weighted by Crippen LogP contribution is 2.33. The SMILES string of the molecule is OC1C(O)[C@](O)(CCCF)C(O)C(O)[C@H]1O. The average molecular weight is 240 g/mol. The molecular weight excluding hydrogens is 223 g/mol. The van der Waals surface area contributed by atoms with E-state index in [1.165, 1.54) is 0 Å². The van der Waals surface area contributed by atoms with Crippen LogP contribution in [0.1, 0.15) is 12.8 Å². The van der Waals surface area contributed by atoms with E-state index in [2.05, 4.69) is 0 Å². The summed E-state index contributed by atoms with van der Waals surface area (Å²) < 4.78 is 12.0. The van der Waals surface area contributed by atoms with Crippen molar-refractivity contribution in [1.82, 2.24) is 0 Å². The Balaban J connectivity index is 2.88. The van der Waals surface area contributed by atoms with E-state index in [1.807, 2.05) is 0 Å². The summed E-state index contributed by atoms with van der Waals surface area (Å²) in [5.41, 5.74) is -2.22. The topological polar surface area (TPSA) is 121 Å². The van der Waals surface area contributed by atoms with E-state index in [0.717, 1.165) is 0 Å². The lowest BCUT2D eigenvalue weighted by atomic mass is 9.72. The Morgan fingerprint density at radius 2 is 1.31 bits per heavy atom. The van der Waals surface area contributed by atoms with Gasteiger partial charge < -0.3 is 30.6 Å². The highest BCUT2D eigenvalue weighted by Gasteiger charge is 2.56. The second-order valence-corrected chi connectivity index (χ2v) is 4.15. The molecule has 1 saturated carbocycles. The van der Waals surface area contributed by atoms with E-state index in [0.29, 0.717) is 0 Å². The van der Waals surface area contributed by atoms with Gasteiger partial charge in [0.1, 0.15) is 36.1 Å². The molecule has 1 aliphatic carbocycles. The van der Waals surface area contributed by atoms with Gasteiger partial charge in [-0.05, 0) is 12.8 Å². The Kier molecular flexibility index (Phi) is 4.22. The molecule has 1 aliphatic rings. The third-order valence-corrected chi connectivity index (χ3v) is 3.08. The van der Waals surface area contributed by atoms with Gasteiger partial charge in [0, 0.05) is 0 Å². The largest absolute Gasteiger partial charge is 0.387 e. The average Bonchev–Trinajstić information content (AvgIpc) is 2.29. The van der Waals surface area contributed by atoms with Gasteiger partial charge in [0.25, 0.3) is 0 Å². The van der Waals surface area contributed by atoms with E-state index >= 15 is 0 Å². The van der Waals surface area contributed by atoms with Crippen molar-refractivity contribution in [3.63, 3.8) is 0 Å². The van der Waals surface area contributed by atoms with Crippen LogP contribution in [-0.2, 0) is 0 Å². The Morgan fingerprint density at radius 3 is 1.69 bits per heavy atom. The van der Waals surface area contributed by atoms with Gasteiger partial charge in [0.2, 0.25) is 0 Å². The number of hydrogen-bond acceptors (Lipinski definition) is 6. The minimum absolute atomic E-state index is 0.139. The molecule has 6 N–H and O–H groups in total. The molecule has 96 valence electrons. The fourth-order valence-corrected chi connectivity index (χ4v) is 1.99. The number of halogens is 1. The molecule has 0 spiro atoms. The van der Waals surface area contributed by atoms with Crippen LogP contribution < -0.4 is 0 Å². The first-order chi connectivity index (χ1) is 7.36. The van der Waals surface area contributed by atoms with Gasteiger partial charge in [0.05, 0.1) is 6.67 Å². The van der Waals surface area contributed by atoms with Crippen LogP contribution in [-0.4, -0.2) is 73.4 Å². The molecule has 6 nitrogen and oxygen atoms in total. The summed E-state index contributed by atoms with van der Waals surface area (Å²) in [6, 6.07) is 0. The third kappa shape index (κ3) is 2.06. The van der Waals surface area contributed by atoms with Crippen molar-refractivity contribution in [2.24, 2.45) is 0 Å². The summed E-state index contributed by atoms with van der Waals surface area (Å²) in [6.45, 7) is -0.767. The third-order valence-electron chi connectivity index (χ3n) is 3.08. The van der Waals surface area contributed by atoms with Crippen molar-refractivity contribution in [2.45, 2.75) is 49.0 Å². The minimum atomic E-state index is -2.22. The predicted octanol–water partition coefficient (Wildman–Crippen LogP) is -2.71. The molecule has 1 fully saturated rings. The van der Waals surface area contributed by atoms with E-state index in [4.69, 9.17) is 0 Å². The predicted molar refractivity (Wildman–Crippen MR) is 50.2 cm³/mol. The second kappa shape index (κ2) is 4.91. The highest BCUT2D eigenvalue weighted by atomic mass is 19.1. The summed E-state index contributed by atoms with van der Waals surface area (Å²) in [7, 11) is 0. The maximum atomic E-state index is 12.0. The quantitative estimate of drug-likeness (QED) is 0.319. The zero-order chi connectivity index (χ0) is 12.5. The summed E-state index contributed by atoms with van der Waals surface area (Å²) >= 11 is 0. The van der Waals surface area contributed by atoms with Gasteiger partial charge in [-0.15, -0.1) is 0 Å². The molecule has 1 rings (SSSR count). The Morgan fingerprint density at radius 1 is 0.875 bits per heavy atom. The summed E-state index contributed by atoms with van der Waals surface area (Å²) in [6.07, 6.45) is -9.48. The lowest BCUT2D eigenvalue weighted by Gasteiger charge is -2.47. The molecule has 0 amide bonds. The molecule has 0 saturated heterocycles. The second-order valence-electron chi connectivity index (χ2n) is 4.15. The number of hydrogen-bond donors (Lipinski definition) is 6. The molecular formula is C9H17FO6. The number of aliphatic hydroxyl groups excluding tert-OH is 5. The normalized spacial score (nSPS) is 49.3. The zero-order valence-electron chi connectivity index (χ0n) is 8.57. The molecule has 0 aromatic rings. The molecule has 0 aliphatic heterocycles. The van der Waals surface area contributed by atoms with Gasteiger partial charge in [-0.25, -0.2) is 0 Å². The van der Waals surface area contributed by atoms with Crippen molar-refractivity contribution in [1.29, 1.82) is 0 Å². The molecule has 0 heterocycles. The molecule has 4 atom stereocenters. The first-order valence-corrected chi connectivity index (χ1v) is 5.05. The molecule has 4 unspecified atom stereocenters. The smallest absolute Gasteiger partial charge is 0.122 e. The van der Waals surface area contributed by atoms with Gasteiger partial charge >= 0.3 is 0 Å². The van der Waals surface area contributed by atoms with Crippen LogP contribution in [0.25, 0.3) is 0 Å². The molecule has 0 aromatic heterocycles. The number of aliphatic hydroxyl groups is 6. The molecule has 16 heavy (non-hydrogen) atoms. The minimum Gasteiger partial charge on any atom is -0.387 e. The van der Waals surface area contributed by atoms with Crippen LogP contribution in [0.4, 0.5) is 4.39 Å². The van der Waals surface area contributed by atoms with Gasteiger partial charge in [0.15, 0.2) is 0 Å². The van der Waals surface area contributed by atoms with Crippen LogP contribution in [0.2, 0.25) is 0 Å². The van der Waals surface area contributed by atoms with Crippen LogP contribution >= 0.6 is 0 Å². The summed E-state index contributed by atoms with van der Waals surface area (Å²) in [5, 5.41) is 56.9. The van der Waals surface area contributed by atoms with Crippen LogP contribution in [0, 0.1) is 0 Å². The summed E-state index contributed by atoms with van der Waals surface area (Å²) in [4.78, 5) is 0. The Hall–Kier alpha value is -0.310. The van der Waals surface area contributed by atoms with Crippen molar-refractivity contribution in [3.8, 4) is 0 Å². The highest BCUT2D eigenvalue weighted by molar-refractivity contribution is 5.08. The van der Waals surface area contributed by atoms with Crippen LogP contribution in [0.3, 0.4) is 0 Å². The molecule has 0 bridgehead atoms. The van der Waals surface area contributed by atoms with E-state index in [-0.39, 0.29) is 12.8 Å². The Labute approximate surface area is 91.6 Å². The van der Waals surface area contributed by atoms with Crippen molar-refractivity contribution in [3.05, 3.63) is 0 Å². The molecule has 0 aromatic carbocycles. The van der Waals surface area contributed by atoms with Gasteiger partial charge in [-0.1, -0.05) is 0 Å². The number of alkyl halides is 1. The van der Waals surface area contributed by atoms with E-state index in [1.54, 1.807) is 0 Å². The first kappa shape index (κ1) is 13.8. The van der Waals surface area contributed by atoms with Crippen LogP contribution in [0.15, 0.2) is 0 Å². The zero-order valence-corrected chi connectivity index (χ0v) is 8.57. The van der Waals surface area contributed by atoms with E-state index in [9.17, 15) is 35.0 Å². The fraction of sp³-hybridized carbons (Fsp3) is 1.00. The standard InChI is InChI=1S/C9H17FO6/c10-3-1-2-9(16)7(14)5(12)4(11)6(13)8(9)15/h4-8,11-16H,1-3H2/t4-,5?,6?,7?,8?,9+. The first-order valence-electron chi connectivity index (χ1n) is 5.05. The van der Waals surface area contributed by atoms with Gasteiger partial charge in [-0.3, -0.25) is 4.39 Å². The van der Waals surface area contributed by atoms with Crippen molar-refractivity contribution < 1.29 is 35.0 Å². The van der Waals surface area contributed by atoms with Crippen LogP contribution in [0.5, 0.6) is 0 Å². The monoisotopic (exact) mass is 240 g/mol. The lowest BCUT2D eigenvalue weighted by molar-refractivity contribution is -0.270. The molecule has 7 heteroatoms. The Bertz CT molecular complexity index is 222. The van der Waals surface area contributed by atoms with Gasteiger partial charge in [-0.2, -0.15) is 0 Å². The maximum Gasteiger partial charge on any atom is 0.122 e. The van der Waals surface area contributed by atoms with Crippen molar-refractivity contribution in [2.75, 3.05) is 6.67 Å². The molecule has 0 radical (unpaired) electrons. The maximum absolute atomic E-state index is 12.0. The fourth-order valence-electron chi connectivity index (χ4n) is 1.99.